The normalized spacial score (nSPS) is 10.5. The number of rotatable bonds is 5. The van der Waals surface area contributed by atoms with Crippen molar-refractivity contribution in [3.05, 3.63) is 59.4 Å². The molecule has 2 amide bonds. The quantitative estimate of drug-likeness (QED) is 0.876. The van der Waals surface area contributed by atoms with Gasteiger partial charge in [0.1, 0.15) is 5.82 Å². The van der Waals surface area contributed by atoms with Crippen LogP contribution in [0.1, 0.15) is 34.6 Å². The SMILES string of the molecule is CC(C)NC(=O)c1ccccc1NC(=O)c1ccc(N(C)C)cc1F. The minimum absolute atomic E-state index is 0.0349. The molecule has 0 aliphatic carbocycles. The Hall–Kier alpha value is -2.89. The van der Waals surface area contributed by atoms with Crippen LogP contribution in [-0.4, -0.2) is 32.0 Å². The molecule has 0 bridgehead atoms. The van der Waals surface area contributed by atoms with Crippen molar-refractivity contribution in [3.63, 3.8) is 0 Å². The number of nitrogens with zero attached hydrogens (tertiary/aromatic N) is 1. The van der Waals surface area contributed by atoms with Crippen LogP contribution >= 0.6 is 0 Å². The summed E-state index contributed by atoms with van der Waals surface area (Å²) in [4.78, 5) is 26.4. The fourth-order valence-corrected chi connectivity index (χ4v) is 2.29. The van der Waals surface area contributed by atoms with Gasteiger partial charge in [-0.05, 0) is 44.2 Å². The predicted octanol–water partition coefficient (Wildman–Crippen LogP) is 3.28. The highest BCUT2D eigenvalue weighted by Gasteiger charge is 2.17. The van der Waals surface area contributed by atoms with Crippen LogP contribution in [0.5, 0.6) is 0 Å². The molecule has 0 radical (unpaired) electrons. The summed E-state index contributed by atoms with van der Waals surface area (Å²) in [6, 6.07) is 11.0. The molecule has 0 aliphatic heterocycles. The topological polar surface area (TPSA) is 61.4 Å². The molecular formula is C19H22FN3O2. The van der Waals surface area contributed by atoms with E-state index >= 15 is 0 Å². The average Bonchev–Trinajstić information content (AvgIpc) is 2.54. The van der Waals surface area contributed by atoms with E-state index in [0.29, 0.717) is 16.9 Å². The van der Waals surface area contributed by atoms with Crippen LogP contribution in [0.2, 0.25) is 0 Å². The number of carbonyl (C=O) groups excluding carboxylic acids is 2. The fraction of sp³-hybridized carbons (Fsp3) is 0.263. The Labute approximate surface area is 146 Å². The second-order valence-corrected chi connectivity index (χ2v) is 6.19. The third-order valence-corrected chi connectivity index (χ3v) is 3.55. The predicted molar refractivity (Wildman–Crippen MR) is 97.7 cm³/mol. The Kier molecular flexibility index (Phi) is 5.75. The molecule has 2 aromatic carbocycles. The molecule has 2 rings (SSSR count). The molecule has 2 aromatic rings. The van der Waals surface area contributed by atoms with Crippen LogP contribution in [0.3, 0.4) is 0 Å². The van der Waals surface area contributed by atoms with E-state index < -0.39 is 11.7 Å². The first-order chi connectivity index (χ1) is 11.8. The van der Waals surface area contributed by atoms with Crippen molar-refractivity contribution in [1.29, 1.82) is 0 Å². The van der Waals surface area contributed by atoms with Gasteiger partial charge in [-0.3, -0.25) is 9.59 Å². The van der Waals surface area contributed by atoms with Gasteiger partial charge in [0.25, 0.3) is 11.8 Å². The molecular weight excluding hydrogens is 321 g/mol. The number of para-hydroxylation sites is 1. The van der Waals surface area contributed by atoms with Gasteiger partial charge >= 0.3 is 0 Å². The number of hydrogen-bond donors (Lipinski definition) is 2. The van der Waals surface area contributed by atoms with Gasteiger partial charge in [-0.1, -0.05) is 12.1 Å². The van der Waals surface area contributed by atoms with E-state index in [1.165, 1.54) is 12.1 Å². The Morgan fingerprint density at radius 1 is 1.00 bits per heavy atom. The third-order valence-electron chi connectivity index (χ3n) is 3.55. The standard InChI is InChI=1S/C19H22FN3O2/c1-12(2)21-19(25)15-7-5-6-8-17(15)22-18(24)14-10-9-13(23(3)4)11-16(14)20/h5-12H,1-4H3,(H,21,25)(H,22,24). The number of hydrogen-bond acceptors (Lipinski definition) is 3. The van der Waals surface area contributed by atoms with Crippen molar-refractivity contribution in [3.8, 4) is 0 Å². The lowest BCUT2D eigenvalue weighted by Crippen LogP contribution is -2.31. The highest BCUT2D eigenvalue weighted by atomic mass is 19.1. The van der Waals surface area contributed by atoms with Gasteiger partial charge in [0, 0.05) is 25.8 Å². The maximum atomic E-state index is 14.2. The summed E-state index contributed by atoms with van der Waals surface area (Å²) in [7, 11) is 3.58. The van der Waals surface area contributed by atoms with Crippen molar-refractivity contribution in [2.45, 2.75) is 19.9 Å². The number of amides is 2. The highest BCUT2D eigenvalue weighted by Crippen LogP contribution is 2.20. The van der Waals surface area contributed by atoms with Gasteiger partial charge in [-0.25, -0.2) is 4.39 Å². The zero-order valence-corrected chi connectivity index (χ0v) is 14.8. The molecule has 2 N–H and O–H groups in total. The molecule has 25 heavy (non-hydrogen) atoms. The van der Waals surface area contributed by atoms with Gasteiger partial charge in [-0.2, -0.15) is 0 Å². The van der Waals surface area contributed by atoms with Gasteiger partial charge in [-0.15, -0.1) is 0 Å². The van der Waals surface area contributed by atoms with Gasteiger partial charge in [0.15, 0.2) is 0 Å². The minimum Gasteiger partial charge on any atom is -0.378 e. The lowest BCUT2D eigenvalue weighted by atomic mass is 10.1. The summed E-state index contributed by atoms with van der Waals surface area (Å²) < 4.78 is 14.2. The molecule has 0 aliphatic rings. The van der Waals surface area contributed by atoms with Gasteiger partial charge in [0.2, 0.25) is 0 Å². The molecule has 0 heterocycles. The van der Waals surface area contributed by atoms with Crippen LogP contribution in [0.25, 0.3) is 0 Å². The summed E-state index contributed by atoms with van der Waals surface area (Å²) in [6.45, 7) is 3.70. The smallest absolute Gasteiger partial charge is 0.258 e. The molecule has 5 nitrogen and oxygen atoms in total. The Balaban J connectivity index is 2.25. The van der Waals surface area contributed by atoms with Gasteiger partial charge < -0.3 is 15.5 Å². The molecule has 0 saturated carbocycles. The largest absolute Gasteiger partial charge is 0.378 e. The van der Waals surface area contributed by atoms with Crippen LogP contribution in [0.15, 0.2) is 42.5 Å². The van der Waals surface area contributed by atoms with Crippen molar-refractivity contribution < 1.29 is 14.0 Å². The second-order valence-electron chi connectivity index (χ2n) is 6.19. The fourth-order valence-electron chi connectivity index (χ4n) is 2.29. The van der Waals surface area contributed by atoms with E-state index in [-0.39, 0.29) is 17.5 Å². The summed E-state index contributed by atoms with van der Waals surface area (Å²) in [5.74, 6) is -1.52. The average molecular weight is 343 g/mol. The van der Waals surface area contributed by atoms with Crippen LogP contribution in [0.4, 0.5) is 15.8 Å². The molecule has 0 aromatic heterocycles. The van der Waals surface area contributed by atoms with E-state index in [2.05, 4.69) is 10.6 Å². The number of benzene rings is 2. The van der Waals surface area contributed by atoms with E-state index in [9.17, 15) is 14.0 Å². The van der Waals surface area contributed by atoms with E-state index in [4.69, 9.17) is 0 Å². The zero-order valence-electron chi connectivity index (χ0n) is 14.8. The highest BCUT2D eigenvalue weighted by molar-refractivity contribution is 6.09. The molecule has 6 heteroatoms. The third kappa shape index (κ3) is 4.56. The minimum atomic E-state index is -0.618. The summed E-state index contributed by atoms with van der Waals surface area (Å²) >= 11 is 0. The maximum absolute atomic E-state index is 14.2. The first-order valence-corrected chi connectivity index (χ1v) is 7.97. The summed E-state index contributed by atoms with van der Waals surface area (Å²) in [5, 5.41) is 5.39. The lowest BCUT2D eigenvalue weighted by molar-refractivity contribution is 0.0944. The van der Waals surface area contributed by atoms with Crippen LogP contribution < -0.4 is 15.5 Å². The number of halogens is 1. The summed E-state index contributed by atoms with van der Waals surface area (Å²) in [5.41, 5.74) is 1.24. The van der Waals surface area contributed by atoms with E-state index in [1.54, 1.807) is 49.3 Å². The molecule has 132 valence electrons. The molecule has 0 atom stereocenters. The number of anilines is 2. The molecule has 0 saturated heterocycles. The lowest BCUT2D eigenvalue weighted by Gasteiger charge is -2.15. The van der Waals surface area contributed by atoms with Crippen molar-refractivity contribution in [2.24, 2.45) is 0 Å². The zero-order chi connectivity index (χ0) is 18.6. The number of carbonyl (C=O) groups is 2. The van der Waals surface area contributed by atoms with E-state index in [1.807, 2.05) is 13.8 Å². The van der Waals surface area contributed by atoms with Crippen molar-refractivity contribution in [1.82, 2.24) is 5.32 Å². The number of nitrogens with one attached hydrogen (secondary N) is 2. The molecule has 0 unspecified atom stereocenters. The van der Waals surface area contributed by atoms with Crippen LogP contribution in [0, 0.1) is 5.82 Å². The van der Waals surface area contributed by atoms with Crippen LogP contribution in [-0.2, 0) is 0 Å². The van der Waals surface area contributed by atoms with Crippen molar-refractivity contribution >= 4 is 23.2 Å². The Bertz CT molecular complexity index is 788. The van der Waals surface area contributed by atoms with E-state index in [0.717, 1.165) is 0 Å². The summed E-state index contributed by atoms with van der Waals surface area (Å²) in [6.07, 6.45) is 0. The second kappa shape index (κ2) is 7.79. The first-order valence-electron chi connectivity index (χ1n) is 7.97. The molecule has 0 spiro atoms. The van der Waals surface area contributed by atoms with Crippen molar-refractivity contribution in [2.75, 3.05) is 24.3 Å². The Morgan fingerprint density at radius 2 is 1.68 bits per heavy atom. The monoisotopic (exact) mass is 343 g/mol. The maximum Gasteiger partial charge on any atom is 0.258 e. The van der Waals surface area contributed by atoms with Gasteiger partial charge in [0.05, 0.1) is 16.8 Å². The molecule has 0 fully saturated rings. The Morgan fingerprint density at radius 3 is 2.28 bits per heavy atom. The first kappa shape index (κ1) is 18.4.